The molecule has 0 atom stereocenters. The van der Waals surface area contributed by atoms with Crippen molar-refractivity contribution in [2.45, 2.75) is 24.1 Å². The quantitative estimate of drug-likeness (QED) is 0.728. The molecule has 0 bridgehead atoms. The zero-order valence-electron chi connectivity index (χ0n) is 10.6. The molecule has 98 valence electrons. The summed E-state index contributed by atoms with van der Waals surface area (Å²) in [6.07, 6.45) is 4.28. The second-order valence-electron chi connectivity index (χ2n) is 4.51. The second-order valence-corrected chi connectivity index (χ2v) is 7.46. The van der Waals surface area contributed by atoms with E-state index in [0.717, 1.165) is 28.0 Å². The van der Waals surface area contributed by atoms with Crippen molar-refractivity contribution in [3.05, 3.63) is 45.8 Å². The largest absolute Gasteiger partial charge is 0.229 e. The van der Waals surface area contributed by atoms with Gasteiger partial charge in [0.05, 0.1) is 5.69 Å². The molecule has 3 rings (SSSR count). The molecule has 0 unspecified atom stereocenters. The Morgan fingerprint density at radius 2 is 2.26 bits per heavy atom. The summed E-state index contributed by atoms with van der Waals surface area (Å²) >= 11 is 9.44. The van der Waals surface area contributed by atoms with E-state index in [4.69, 9.17) is 16.6 Å². The maximum absolute atomic E-state index is 5.84. The van der Waals surface area contributed by atoms with E-state index in [1.54, 1.807) is 11.8 Å². The van der Waals surface area contributed by atoms with Crippen LogP contribution in [0.4, 0.5) is 0 Å². The fraction of sp³-hybridized carbons (Fsp3) is 0.267. The molecular weight excluding hydrogens is 294 g/mol. The lowest BCUT2D eigenvalue weighted by Gasteiger charge is -2.13. The van der Waals surface area contributed by atoms with E-state index in [1.807, 2.05) is 24.3 Å². The lowest BCUT2D eigenvalue weighted by Crippen LogP contribution is -2.01. The van der Waals surface area contributed by atoms with Gasteiger partial charge in [-0.25, -0.2) is 4.98 Å². The molecule has 0 radical (unpaired) electrons. The van der Waals surface area contributed by atoms with E-state index in [9.17, 15) is 0 Å². The van der Waals surface area contributed by atoms with E-state index in [-0.39, 0.29) is 0 Å². The number of thiazole rings is 1. The number of hydrogen-bond donors (Lipinski definition) is 0. The van der Waals surface area contributed by atoms with Crippen molar-refractivity contribution in [1.82, 2.24) is 4.98 Å². The Morgan fingerprint density at radius 1 is 1.42 bits per heavy atom. The summed E-state index contributed by atoms with van der Waals surface area (Å²) in [4.78, 5) is 6.22. The molecule has 0 saturated heterocycles. The molecule has 0 fully saturated rings. The number of rotatable bonds is 3. The Hall–Kier alpha value is -0.770. The van der Waals surface area contributed by atoms with Crippen LogP contribution in [0.1, 0.15) is 17.4 Å². The summed E-state index contributed by atoms with van der Waals surface area (Å²) in [6.45, 7) is 1.91. The van der Waals surface area contributed by atoms with Crippen molar-refractivity contribution in [1.29, 1.82) is 0 Å². The molecule has 0 spiro atoms. The summed E-state index contributed by atoms with van der Waals surface area (Å²) in [6, 6.07) is 8.61. The van der Waals surface area contributed by atoms with E-state index in [2.05, 4.69) is 24.3 Å². The number of fused-ring (bicyclic) bond motifs is 3. The maximum Gasteiger partial charge on any atom is 0.151 e. The average Bonchev–Trinajstić information content (AvgIpc) is 2.81. The van der Waals surface area contributed by atoms with Gasteiger partial charge in [0.1, 0.15) is 0 Å². The third-order valence-electron chi connectivity index (χ3n) is 3.14. The van der Waals surface area contributed by atoms with Crippen molar-refractivity contribution >= 4 is 34.7 Å². The standard InChI is InChI=1S/C15H14ClNS2/c1-10(16)8-9-18-15-17-14-12-5-3-2-4-11(12)6-7-13(14)19-15/h2-5,8H,6-7,9H2,1H3/b10-8-. The molecule has 19 heavy (non-hydrogen) atoms. The molecule has 1 heterocycles. The highest BCUT2D eigenvalue weighted by molar-refractivity contribution is 8.01. The molecule has 1 aromatic heterocycles. The molecule has 0 saturated carbocycles. The lowest BCUT2D eigenvalue weighted by molar-refractivity contribution is 0.953. The Bertz CT molecular complexity index is 627. The SMILES string of the molecule is C/C(Cl)=C/CSc1nc2c(s1)CCc1ccccc1-2. The van der Waals surface area contributed by atoms with Crippen LogP contribution in [0.5, 0.6) is 0 Å². The van der Waals surface area contributed by atoms with Crippen LogP contribution in [0.25, 0.3) is 11.3 Å². The number of aromatic nitrogens is 1. The fourth-order valence-corrected chi connectivity index (χ4v) is 4.56. The van der Waals surface area contributed by atoms with Crippen molar-refractivity contribution in [3.8, 4) is 11.3 Å². The van der Waals surface area contributed by atoms with E-state index in [1.165, 1.54) is 21.7 Å². The first kappa shape index (κ1) is 13.2. The van der Waals surface area contributed by atoms with E-state index < -0.39 is 0 Å². The van der Waals surface area contributed by atoms with Gasteiger partial charge < -0.3 is 0 Å². The number of aryl methyl sites for hydroxylation is 2. The number of nitrogens with zero attached hydrogens (tertiary/aromatic N) is 1. The van der Waals surface area contributed by atoms with Gasteiger partial charge in [0.15, 0.2) is 4.34 Å². The summed E-state index contributed by atoms with van der Waals surface area (Å²) in [7, 11) is 0. The van der Waals surface area contributed by atoms with Crippen LogP contribution in [0, 0.1) is 0 Å². The zero-order chi connectivity index (χ0) is 13.2. The minimum absolute atomic E-state index is 0.846. The van der Waals surface area contributed by atoms with Gasteiger partial charge in [-0.15, -0.1) is 11.3 Å². The summed E-state index contributed by atoms with van der Waals surface area (Å²) < 4.78 is 1.15. The molecule has 1 nitrogen and oxygen atoms in total. The highest BCUT2D eigenvalue weighted by atomic mass is 35.5. The molecule has 1 aliphatic rings. The van der Waals surface area contributed by atoms with Gasteiger partial charge in [0.25, 0.3) is 0 Å². The molecule has 1 aromatic carbocycles. The average molecular weight is 308 g/mol. The van der Waals surface area contributed by atoms with E-state index >= 15 is 0 Å². The number of thioether (sulfide) groups is 1. The van der Waals surface area contributed by atoms with Crippen LogP contribution in [0.2, 0.25) is 0 Å². The normalized spacial score (nSPS) is 14.1. The minimum Gasteiger partial charge on any atom is -0.229 e. The lowest BCUT2D eigenvalue weighted by atomic mass is 9.94. The van der Waals surface area contributed by atoms with Crippen LogP contribution in [-0.4, -0.2) is 10.7 Å². The van der Waals surface area contributed by atoms with Gasteiger partial charge >= 0.3 is 0 Å². The molecule has 4 heteroatoms. The Balaban J connectivity index is 1.86. The fourth-order valence-electron chi connectivity index (χ4n) is 2.22. The number of halogens is 1. The molecule has 0 N–H and O–H groups in total. The highest BCUT2D eigenvalue weighted by Crippen LogP contribution is 2.39. The third-order valence-corrected chi connectivity index (χ3v) is 5.48. The van der Waals surface area contributed by atoms with Crippen LogP contribution >= 0.6 is 34.7 Å². The molecule has 2 aromatic rings. The number of benzene rings is 1. The third kappa shape index (κ3) is 2.88. The van der Waals surface area contributed by atoms with Gasteiger partial charge in [-0.3, -0.25) is 0 Å². The Labute approximate surface area is 126 Å². The first-order valence-corrected chi connectivity index (χ1v) is 8.45. The number of hydrogen-bond acceptors (Lipinski definition) is 3. The Kier molecular flexibility index (Phi) is 3.96. The van der Waals surface area contributed by atoms with Crippen LogP contribution in [0.15, 0.2) is 39.7 Å². The zero-order valence-corrected chi connectivity index (χ0v) is 13.0. The molecular formula is C15H14ClNS2. The molecule has 0 aliphatic heterocycles. The second kappa shape index (κ2) is 5.70. The van der Waals surface area contributed by atoms with Crippen molar-refractivity contribution in [2.75, 3.05) is 5.75 Å². The predicted octanol–water partition coefficient (Wildman–Crippen LogP) is 5.14. The van der Waals surface area contributed by atoms with Gasteiger partial charge in [0, 0.05) is 21.2 Å². The van der Waals surface area contributed by atoms with Crippen molar-refractivity contribution in [2.24, 2.45) is 0 Å². The first-order chi connectivity index (χ1) is 9.24. The van der Waals surface area contributed by atoms with Gasteiger partial charge in [0.2, 0.25) is 0 Å². The Morgan fingerprint density at radius 3 is 3.11 bits per heavy atom. The van der Waals surface area contributed by atoms with E-state index in [0.29, 0.717) is 0 Å². The number of allylic oxidation sites excluding steroid dienone is 1. The van der Waals surface area contributed by atoms with Crippen molar-refractivity contribution < 1.29 is 0 Å². The van der Waals surface area contributed by atoms with Crippen LogP contribution < -0.4 is 0 Å². The topological polar surface area (TPSA) is 12.9 Å². The monoisotopic (exact) mass is 307 g/mol. The van der Waals surface area contributed by atoms with Gasteiger partial charge in [-0.05, 0) is 25.3 Å². The summed E-state index contributed by atoms with van der Waals surface area (Å²) in [5.74, 6) is 0.892. The van der Waals surface area contributed by atoms with Crippen LogP contribution in [-0.2, 0) is 12.8 Å². The van der Waals surface area contributed by atoms with Crippen molar-refractivity contribution in [3.63, 3.8) is 0 Å². The summed E-state index contributed by atoms with van der Waals surface area (Å²) in [5.41, 5.74) is 3.94. The predicted molar refractivity (Wildman–Crippen MR) is 85.3 cm³/mol. The molecule has 1 aliphatic carbocycles. The van der Waals surface area contributed by atoms with Gasteiger partial charge in [-0.2, -0.15) is 0 Å². The van der Waals surface area contributed by atoms with Crippen LogP contribution in [0.3, 0.4) is 0 Å². The maximum atomic E-state index is 5.84. The smallest absolute Gasteiger partial charge is 0.151 e. The summed E-state index contributed by atoms with van der Waals surface area (Å²) in [5, 5.41) is 0.846. The first-order valence-electron chi connectivity index (χ1n) is 6.27. The minimum atomic E-state index is 0.846. The van der Waals surface area contributed by atoms with Gasteiger partial charge in [-0.1, -0.05) is 53.7 Å². The highest BCUT2D eigenvalue weighted by Gasteiger charge is 2.20. The molecule has 0 amide bonds.